The Labute approximate surface area is 168 Å². The first-order chi connectivity index (χ1) is 13.8. The summed E-state index contributed by atoms with van der Waals surface area (Å²) in [4.78, 5) is 16.3. The Bertz CT molecular complexity index is 927. The van der Waals surface area contributed by atoms with Gasteiger partial charge in [0.1, 0.15) is 0 Å². The third-order valence-corrected chi connectivity index (χ3v) is 5.22. The molecular weight excluding hydrogens is 407 g/mol. The number of anilines is 1. The minimum absolute atomic E-state index is 0.0646. The molecule has 156 valence electrons. The molecule has 0 aromatic heterocycles. The lowest BCUT2D eigenvalue weighted by Gasteiger charge is -2.40. The van der Waals surface area contributed by atoms with Crippen molar-refractivity contribution in [1.29, 1.82) is 0 Å². The second kappa shape index (κ2) is 8.93. The van der Waals surface area contributed by atoms with E-state index in [0.29, 0.717) is 30.9 Å². The van der Waals surface area contributed by atoms with Crippen LogP contribution in [0.2, 0.25) is 0 Å². The summed E-state index contributed by atoms with van der Waals surface area (Å²) in [6.45, 7) is 3.24. The molecule has 2 aromatic carbocycles. The average Bonchev–Trinajstić information content (AvgIpc) is 2.68. The molecule has 1 heterocycles. The number of amides is 1. The van der Waals surface area contributed by atoms with Gasteiger partial charge in [-0.3, -0.25) is 13.9 Å². The van der Waals surface area contributed by atoms with Crippen molar-refractivity contribution >= 4 is 22.9 Å². The monoisotopic (exact) mass is 426 g/mol. The molecule has 2 aromatic rings. The molecule has 1 aliphatic heterocycles. The van der Waals surface area contributed by atoms with Crippen LogP contribution in [0.3, 0.4) is 0 Å². The van der Waals surface area contributed by atoms with E-state index in [4.69, 9.17) is 0 Å². The third-order valence-electron chi connectivity index (χ3n) is 4.81. The Morgan fingerprint density at radius 3 is 2.45 bits per heavy atom. The van der Waals surface area contributed by atoms with Gasteiger partial charge < -0.3 is 14.2 Å². The van der Waals surface area contributed by atoms with Crippen molar-refractivity contribution < 1.29 is 26.7 Å². The lowest BCUT2D eigenvalue weighted by molar-refractivity contribution is 0.0473. The number of hydrogen-bond donors (Lipinski definition) is 1. The van der Waals surface area contributed by atoms with Gasteiger partial charge in [-0.1, -0.05) is 6.07 Å². The summed E-state index contributed by atoms with van der Waals surface area (Å²) in [7, 11) is 0. The lowest BCUT2D eigenvalue weighted by Crippen LogP contribution is -2.53. The van der Waals surface area contributed by atoms with E-state index in [1.54, 1.807) is 4.90 Å². The van der Waals surface area contributed by atoms with Crippen LogP contribution in [-0.4, -0.2) is 50.1 Å². The molecule has 10 heteroatoms. The van der Waals surface area contributed by atoms with Crippen LogP contribution >= 0.6 is 0 Å². The predicted octanol–water partition coefficient (Wildman–Crippen LogP) is 2.66. The summed E-state index contributed by atoms with van der Waals surface area (Å²) >= 11 is -2.44. The van der Waals surface area contributed by atoms with E-state index < -0.39 is 28.7 Å². The van der Waals surface area contributed by atoms with Gasteiger partial charge in [-0.2, -0.15) is 0 Å². The number of benzene rings is 2. The van der Waals surface area contributed by atoms with Crippen LogP contribution in [-0.2, 0) is 17.8 Å². The molecule has 2 atom stereocenters. The van der Waals surface area contributed by atoms with Crippen LogP contribution < -0.4 is 4.72 Å². The standard InChI is InChI=1S/C19H20F3N3O3S/c1-12-10-24(11-14-4-7-16(20)18(22)17(14)21)8-9-25(12)19(26)13-2-5-15(6-3-13)23-29(27)28/h2-7,12,23H,8-11H2,1H3,(H,27,28)/p-1/t12-/m1/s1. The minimum atomic E-state index is -2.44. The Morgan fingerprint density at radius 1 is 1.14 bits per heavy atom. The highest BCUT2D eigenvalue weighted by Crippen LogP contribution is 2.20. The first kappa shape index (κ1) is 21.3. The van der Waals surface area contributed by atoms with Crippen LogP contribution in [0.5, 0.6) is 0 Å². The molecule has 1 unspecified atom stereocenters. The zero-order valence-corrected chi connectivity index (χ0v) is 16.3. The second-order valence-electron chi connectivity index (χ2n) is 6.83. The highest BCUT2D eigenvalue weighted by molar-refractivity contribution is 7.80. The fraction of sp³-hybridized carbons (Fsp3) is 0.316. The average molecular weight is 426 g/mol. The molecule has 0 saturated carbocycles. The van der Waals surface area contributed by atoms with E-state index in [-0.39, 0.29) is 24.1 Å². The normalized spacial score (nSPS) is 18.5. The molecule has 1 aliphatic rings. The van der Waals surface area contributed by atoms with E-state index in [1.807, 2.05) is 11.8 Å². The number of halogens is 3. The molecule has 3 rings (SSSR count). The van der Waals surface area contributed by atoms with E-state index in [1.165, 1.54) is 30.3 Å². The highest BCUT2D eigenvalue weighted by Gasteiger charge is 2.29. The van der Waals surface area contributed by atoms with Crippen molar-refractivity contribution in [3.8, 4) is 0 Å². The largest absolute Gasteiger partial charge is 0.755 e. The fourth-order valence-electron chi connectivity index (χ4n) is 3.35. The number of hydrogen-bond acceptors (Lipinski definition) is 4. The number of nitrogens with one attached hydrogen (secondary N) is 1. The van der Waals surface area contributed by atoms with Crippen LogP contribution in [0.15, 0.2) is 36.4 Å². The van der Waals surface area contributed by atoms with Gasteiger partial charge in [0.05, 0.1) is 0 Å². The fourth-order valence-corrected chi connectivity index (χ4v) is 3.68. The Hall–Kier alpha value is -2.43. The first-order valence-electron chi connectivity index (χ1n) is 8.88. The van der Waals surface area contributed by atoms with Gasteiger partial charge in [-0.05, 0) is 37.3 Å². The molecule has 1 saturated heterocycles. The van der Waals surface area contributed by atoms with Gasteiger partial charge in [0.25, 0.3) is 5.91 Å². The lowest BCUT2D eigenvalue weighted by atomic mass is 10.1. The molecule has 1 amide bonds. The minimum Gasteiger partial charge on any atom is -0.755 e. The number of piperazine rings is 1. The summed E-state index contributed by atoms with van der Waals surface area (Å²) in [5.41, 5.74) is 0.829. The maximum absolute atomic E-state index is 13.9. The molecule has 0 radical (unpaired) electrons. The van der Waals surface area contributed by atoms with Crippen LogP contribution in [0, 0.1) is 17.5 Å². The summed E-state index contributed by atoms with van der Waals surface area (Å²) in [5, 5.41) is 0. The van der Waals surface area contributed by atoms with Crippen LogP contribution in [0.25, 0.3) is 0 Å². The van der Waals surface area contributed by atoms with E-state index in [9.17, 15) is 26.7 Å². The number of carbonyl (C=O) groups excluding carboxylic acids is 1. The quantitative estimate of drug-likeness (QED) is 0.589. The molecule has 1 N–H and O–H groups in total. The molecule has 0 bridgehead atoms. The van der Waals surface area contributed by atoms with Gasteiger partial charge in [-0.25, -0.2) is 13.2 Å². The molecular formula is C19H19F3N3O3S-. The van der Waals surface area contributed by atoms with Crippen molar-refractivity contribution in [2.45, 2.75) is 19.5 Å². The van der Waals surface area contributed by atoms with Crippen molar-refractivity contribution in [3.63, 3.8) is 0 Å². The van der Waals surface area contributed by atoms with Gasteiger partial charge in [-0.15, -0.1) is 0 Å². The van der Waals surface area contributed by atoms with Crippen molar-refractivity contribution in [2.75, 3.05) is 24.4 Å². The SMILES string of the molecule is C[C@@H]1CN(Cc2ccc(F)c(F)c2F)CCN1C(=O)c1ccc(NS(=O)[O-])cc1. The third kappa shape index (κ3) is 4.95. The van der Waals surface area contributed by atoms with Crippen LogP contribution in [0.1, 0.15) is 22.8 Å². The number of rotatable bonds is 5. The molecule has 0 aliphatic carbocycles. The molecule has 6 nitrogen and oxygen atoms in total. The first-order valence-corrected chi connectivity index (χ1v) is 9.95. The highest BCUT2D eigenvalue weighted by atomic mass is 32.2. The van der Waals surface area contributed by atoms with E-state index in [2.05, 4.69) is 4.72 Å². The Balaban J connectivity index is 1.63. The number of carbonyl (C=O) groups is 1. The smallest absolute Gasteiger partial charge is 0.254 e. The molecule has 1 fully saturated rings. The zero-order chi connectivity index (χ0) is 21.1. The maximum atomic E-state index is 13.9. The van der Waals surface area contributed by atoms with E-state index >= 15 is 0 Å². The molecule has 0 spiro atoms. The van der Waals surface area contributed by atoms with Gasteiger partial charge in [0, 0.05) is 60.3 Å². The summed E-state index contributed by atoms with van der Waals surface area (Å²) in [5.74, 6) is -4.10. The van der Waals surface area contributed by atoms with E-state index in [0.717, 1.165) is 6.07 Å². The van der Waals surface area contributed by atoms with Crippen molar-refractivity contribution in [2.24, 2.45) is 0 Å². The van der Waals surface area contributed by atoms with Gasteiger partial charge in [0.2, 0.25) is 0 Å². The van der Waals surface area contributed by atoms with Gasteiger partial charge in [0.15, 0.2) is 17.5 Å². The van der Waals surface area contributed by atoms with Crippen LogP contribution in [0.4, 0.5) is 18.9 Å². The zero-order valence-electron chi connectivity index (χ0n) is 15.5. The summed E-state index contributed by atoms with van der Waals surface area (Å²) in [6, 6.07) is 8.00. The van der Waals surface area contributed by atoms with Gasteiger partial charge >= 0.3 is 0 Å². The number of nitrogens with zero attached hydrogens (tertiary/aromatic N) is 2. The topological polar surface area (TPSA) is 75.7 Å². The second-order valence-corrected chi connectivity index (χ2v) is 7.50. The Kier molecular flexibility index (Phi) is 6.56. The summed E-state index contributed by atoms with van der Waals surface area (Å²) < 4.78 is 63.9. The van der Waals surface area contributed by atoms with Crippen molar-refractivity contribution in [3.05, 3.63) is 65.0 Å². The summed E-state index contributed by atoms with van der Waals surface area (Å²) in [6.07, 6.45) is 0. The predicted molar refractivity (Wildman–Crippen MR) is 101 cm³/mol. The molecule has 29 heavy (non-hydrogen) atoms. The maximum Gasteiger partial charge on any atom is 0.254 e. The van der Waals surface area contributed by atoms with Crippen molar-refractivity contribution in [1.82, 2.24) is 9.80 Å². The Morgan fingerprint density at radius 2 is 1.83 bits per heavy atom.